The van der Waals surface area contributed by atoms with Gasteiger partial charge in [-0.25, -0.2) is 0 Å². The Hall–Kier alpha value is -0.790. The van der Waals surface area contributed by atoms with Gasteiger partial charge in [0.05, 0.1) is 0 Å². The minimum absolute atomic E-state index is 0.161. The van der Waals surface area contributed by atoms with Crippen molar-refractivity contribution in [1.82, 2.24) is 5.32 Å². The van der Waals surface area contributed by atoms with E-state index in [0.717, 1.165) is 18.0 Å². The van der Waals surface area contributed by atoms with Gasteiger partial charge in [0.15, 0.2) is 0 Å². The van der Waals surface area contributed by atoms with E-state index in [2.05, 4.69) is 51.2 Å². The normalized spacial score (nSPS) is 12.9. The van der Waals surface area contributed by atoms with Gasteiger partial charge in [-0.2, -0.15) is 0 Å². The van der Waals surface area contributed by atoms with E-state index in [1.54, 1.807) is 0 Å². The molecular weight excluding hydrogens is 230 g/mol. The Morgan fingerprint density at radius 3 is 2.29 bits per heavy atom. The predicted molar refractivity (Wildman–Crippen MR) is 77.5 cm³/mol. The van der Waals surface area contributed by atoms with Crippen molar-refractivity contribution in [3.8, 4) is 0 Å². The van der Waals surface area contributed by atoms with Crippen LogP contribution in [0.3, 0.4) is 0 Å². The molecule has 0 amide bonds. The van der Waals surface area contributed by atoms with Crippen molar-refractivity contribution in [2.45, 2.75) is 39.7 Å². The molecule has 2 heteroatoms. The smallest absolute Gasteiger partial charge is 0.0406 e. The van der Waals surface area contributed by atoms with E-state index in [1.165, 1.54) is 11.1 Å². The molecule has 1 aromatic carbocycles. The molecule has 1 N–H and O–H groups in total. The first-order valence-electron chi connectivity index (χ1n) is 6.11. The highest BCUT2D eigenvalue weighted by Crippen LogP contribution is 2.14. The Labute approximate surface area is 110 Å². The molecule has 17 heavy (non-hydrogen) atoms. The average Bonchev–Trinajstić information content (AvgIpc) is 2.25. The van der Waals surface area contributed by atoms with Gasteiger partial charge < -0.3 is 5.32 Å². The molecule has 0 heterocycles. The van der Waals surface area contributed by atoms with Gasteiger partial charge in [0.2, 0.25) is 0 Å². The maximum atomic E-state index is 5.87. The van der Waals surface area contributed by atoms with Gasteiger partial charge in [-0.05, 0) is 44.9 Å². The predicted octanol–water partition coefficient (Wildman–Crippen LogP) is 4.52. The van der Waals surface area contributed by atoms with E-state index < -0.39 is 0 Å². The lowest BCUT2D eigenvalue weighted by molar-refractivity contribution is 0.443. The number of halogens is 1. The summed E-state index contributed by atoms with van der Waals surface area (Å²) in [4.78, 5) is 0. The van der Waals surface area contributed by atoms with Crippen molar-refractivity contribution in [3.63, 3.8) is 0 Å². The van der Waals surface area contributed by atoms with Gasteiger partial charge >= 0.3 is 0 Å². The van der Waals surface area contributed by atoms with E-state index in [9.17, 15) is 0 Å². The van der Waals surface area contributed by atoms with E-state index in [4.69, 9.17) is 11.6 Å². The largest absolute Gasteiger partial charge is 0.308 e. The summed E-state index contributed by atoms with van der Waals surface area (Å²) in [6.07, 6.45) is 3.29. The molecule has 1 aromatic rings. The number of nitrogens with one attached hydrogen (secondary N) is 1. The van der Waals surface area contributed by atoms with E-state index in [-0.39, 0.29) is 5.54 Å². The molecule has 1 rings (SSSR count). The monoisotopic (exact) mass is 251 g/mol. The second-order valence-electron chi connectivity index (χ2n) is 5.31. The molecule has 94 valence electrons. The maximum Gasteiger partial charge on any atom is 0.0406 e. The second kappa shape index (κ2) is 6.23. The number of rotatable bonds is 4. The van der Waals surface area contributed by atoms with Crippen LogP contribution in [-0.2, 0) is 0 Å². The van der Waals surface area contributed by atoms with Crippen molar-refractivity contribution >= 4 is 17.7 Å². The van der Waals surface area contributed by atoms with Crippen LogP contribution in [0.1, 0.15) is 39.7 Å². The van der Waals surface area contributed by atoms with Crippen molar-refractivity contribution in [3.05, 3.63) is 40.4 Å². The molecule has 0 aliphatic heterocycles. The Kier molecular flexibility index (Phi) is 5.23. The maximum absolute atomic E-state index is 5.87. The second-order valence-corrected chi connectivity index (χ2v) is 5.75. The molecule has 0 unspecified atom stereocenters. The molecule has 0 radical (unpaired) electrons. The Balaban J connectivity index is 2.69. The van der Waals surface area contributed by atoms with Crippen LogP contribution in [-0.4, -0.2) is 12.1 Å². The Bertz CT molecular complexity index is 371. The fraction of sp³-hybridized carbons (Fsp3) is 0.467. The minimum Gasteiger partial charge on any atom is -0.308 e. The summed E-state index contributed by atoms with van der Waals surface area (Å²) < 4.78 is 0. The average molecular weight is 252 g/mol. The molecule has 0 fully saturated rings. The number of hydrogen-bond donors (Lipinski definition) is 1. The van der Waals surface area contributed by atoms with Crippen molar-refractivity contribution < 1.29 is 0 Å². The summed E-state index contributed by atoms with van der Waals surface area (Å²) in [6.45, 7) is 9.67. The first-order valence-corrected chi connectivity index (χ1v) is 6.48. The third-order valence-corrected chi connectivity index (χ3v) is 2.79. The van der Waals surface area contributed by atoms with Crippen molar-refractivity contribution in [2.75, 3.05) is 6.54 Å². The lowest BCUT2D eigenvalue weighted by Gasteiger charge is -2.21. The van der Waals surface area contributed by atoms with Crippen LogP contribution in [0.2, 0.25) is 5.02 Å². The standard InChI is InChI=1S/C15H22ClN/c1-5-12(11-17-15(2,3)4)10-13-6-8-14(16)9-7-13/h6-10,17H,5,11H2,1-4H3. The summed E-state index contributed by atoms with van der Waals surface area (Å²) in [5.41, 5.74) is 2.78. The third-order valence-electron chi connectivity index (χ3n) is 2.54. The van der Waals surface area contributed by atoms with Crippen LogP contribution in [0, 0.1) is 0 Å². The van der Waals surface area contributed by atoms with Crippen LogP contribution in [0.4, 0.5) is 0 Å². The lowest BCUT2D eigenvalue weighted by Crippen LogP contribution is -2.36. The lowest BCUT2D eigenvalue weighted by atomic mass is 10.1. The van der Waals surface area contributed by atoms with E-state index >= 15 is 0 Å². The van der Waals surface area contributed by atoms with Crippen molar-refractivity contribution in [1.29, 1.82) is 0 Å². The van der Waals surface area contributed by atoms with E-state index in [0.29, 0.717) is 0 Å². The highest BCUT2D eigenvalue weighted by atomic mass is 35.5. The highest BCUT2D eigenvalue weighted by Gasteiger charge is 2.08. The van der Waals surface area contributed by atoms with Gasteiger partial charge in [0.25, 0.3) is 0 Å². The molecule has 0 aliphatic rings. The molecule has 0 atom stereocenters. The van der Waals surface area contributed by atoms with Crippen molar-refractivity contribution in [2.24, 2.45) is 0 Å². The molecule has 0 saturated heterocycles. The molecule has 0 aromatic heterocycles. The fourth-order valence-corrected chi connectivity index (χ4v) is 1.58. The van der Waals surface area contributed by atoms with Gasteiger partial charge in [-0.15, -0.1) is 0 Å². The van der Waals surface area contributed by atoms with Crippen LogP contribution < -0.4 is 5.32 Å². The summed E-state index contributed by atoms with van der Waals surface area (Å²) in [7, 11) is 0. The number of hydrogen-bond acceptors (Lipinski definition) is 1. The highest BCUT2D eigenvalue weighted by molar-refractivity contribution is 6.30. The first kappa shape index (κ1) is 14.3. The zero-order valence-corrected chi connectivity index (χ0v) is 11.9. The number of benzene rings is 1. The van der Waals surface area contributed by atoms with Gasteiger partial charge in [0, 0.05) is 17.1 Å². The first-order chi connectivity index (χ1) is 7.90. The summed E-state index contributed by atoms with van der Waals surface area (Å²) in [6, 6.07) is 7.96. The topological polar surface area (TPSA) is 12.0 Å². The van der Waals surface area contributed by atoms with Gasteiger partial charge in [-0.1, -0.05) is 42.3 Å². The Morgan fingerprint density at radius 2 is 1.82 bits per heavy atom. The molecular formula is C15H22ClN. The minimum atomic E-state index is 0.161. The zero-order valence-electron chi connectivity index (χ0n) is 11.2. The fourth-order valence-electron chi connectivity index (χ4n) is 1.45. The van der Waals surface area contributed by atoms with Crippen LogP contribution in [0.25, 0.3) is 6.08 Å². The summed E-state index contributed by atoms with van der Waals surface area (Å²) in [5, 5.41) is 4.30. The van der Waals surface area contributed by atoms with Crippen LogP contribution >= 0.6 is 11.6 Å². The zero-order chi connectivity index (χ0) is 12.9. The SMILES string of the molecule is CCC(=Cc1ccc(Cl)cc1)CNC(C)(C)C. The quantitative estimate of drug-likeness (QED) is 0.830. The molecule has 0 saturated carbocycles. The van der Waals surface area contributed by atoms with Gasteiger partial charge in [0.1, 0.15) is 0 Å². The molecule has 0 bridgehead atoms. The summed E-state index contributed by atoms with van der Waals surface area (Å²) >= 11 is 5.87. The third kappa shape index (κ3) is 5.90. The Morgan fingerprint density at radius 1 is 1.24 bits per heavy atom. The van der Waals surface area contributed by atoms with E-state index in [1.807, 2.05) is 12.1 Å². The summed E-state index contributed by atoms with van der Waals surface area (Å²) in [5.74, 6) is 0. The molecule has 1 nitrogen and oxygen atoms in total. The molecule has 0 aliphatic carbocycles. The van der Waals surface area contributed by atoms with Gasteiger partial charge in [-0.3, -0.25) is 0 Å². The molecule has 0 spiro atoms. The van der Waals surface area contributed by atoms with Crippen LogP contribution in [0.5, 0.6) is 0 Å². The van der Waals surface area contributed by atoms with Crippen LogP contribution in [0.15, 0.2) is 29.8 Å².